The van der Waals surface area contributed by atoms with Gasteiger partial charge in [-0.1, -0.05) is 19.3 Å². The predicted octanol–water partition coefficient (Wildman–Crippen LogP) is 2.15. The first-order valence-electron chi connectivity index (χ1n) is 7.43. The minimum Gasteiger partial charge on any atom is -0.497 e. The van der Waals surface area contributed by atoms with E-state index in [9.17, 15) is 4.79 Å². The summed E-state index contributed by atoms with van der Waals surface area (Å²) in [7, 11) is 3.18. The van der Waals surface area contributed by atoms with Crippen LogP contribution < -0.4 is 20.5 Å². The lowest BCUT2D eigenvalue weighted by Gasteiger charge is -2.28. The molecule has 1 unspecified atom stereocenters. The van der Waals surface area contributed by atoms with Gasteiger partial charge in [0, 0.05) is 11.6 Å². The van der Waals surface area contributed by atoms with Gasteiger partial charge >= 0.3 is 0 Å². The summed E-state index contributed by atoms with van der Waals surface area (Å²) < 4.78 is 10.6. The van der Waals surface area contributed by atoms with Crippen molar-refractivity contribution in [2.75, 3.05) is 14.2 Å². The highest BCUT2D eigenvalue weighted by Gasteiger charge is 2.26. The normalized spacial score (nSPS) is 17.2. The van der Waals surface area contributed by atoms with E-state index in [1.807, 2.05) is 6.07 Å². The summed E-state index contributed by atoms with van der Waals surface area (Å²) >= 11 is 0. The van der Waals surface area contributed by atoms with Gasteiger partial charge in [0.25, 0.3) is 0 Å². The minimum absolute atomic E-state index is 0.326. The molecule has 1 aliphatic rings. The van der Waals surface area contributed by atoms with E-state index in [4.69, 9.17) is 15.2 Å². The summed E-state index contributed by atoms with van der Waals surface area (Å²) in [6.07, 6.45) is 5.81. The van der Waals surface area contributed by atoms with E-state index in [-0.39, 0.29) is 0 Å². The third kappa shape index (κ3) is 3.88. The number of hydrogen-bond donors (Lipinski definition) is 2. The average molecular weight is 292 g/mol. The standard InChI is InChI=1S/C16H24N2O3/c1-20-12-8-9-14(21-2)13(10-12)15(16(17)19)18-11-6-4-3-5-7-11/h8-11,15,18H,3-7H2,1-2H3,(H2,17,19). The summed E-state index contributed by atoms with van der Waals surface area (Å²) in [4.78, 5) is 11.9. The van der Waals surface area contributed by atoms with Crippen LogP contribution in [0.15, 0.2) is 18.2 Å². The van der Waals surface area contributed by atoms with Crippen molar-refractivity contribution in [2.45, 2.75) is 44.2 Å². The molecule has 1 aromatic carbocycles. The molecule has 1 aliphatic carbocycles. The fraction of sp³-hybridized carbons (Fsp3) is 0.562. The fourth-order valence-electron chi connectivity index (χ4n) is 2.90. The van der Waals surface area contributed by atoms with Crippen molar-refractivity contribution >= 4 is 5.91 Å². The molecule has 0 saturated heterocycles. The first kappa shape index (κ1) is 15.6. The number of methoxy groups -OCH3 is 2. The molecule has 0 spiro atoms. The van der Waals surface area contributed by atoms with Crippen LogP contribution in [0.5, 0.6) is 11.5 Å². The molecule has 1 atom stereocenters. The molecule has 5 nitrogen and oxygen atoms in total. The Morgan fingerprint density at radius 3 is 2.52 bits per heavy atom. The van der Waals surface area contributed by atoms with Crippen LogP contribution in [-0.4, -0.2) is 26.2 Å². The maximum absolute atomic E-state index is 11.9. The molecule has 1 saturated carbocycles. The highest BCUT2D eigenvalue weighted by atomic mass is 16.5. The van der Waals surface area contributed by atoms with E-state index in [0.717, 1.165) is 18.4 Å². The maximum Gasteiger partial charge on any atom is 0.239 e. The lowest BCUT2D eigenvalue weighted by Crippen LogP contribution is -2.41. The second-order valence-electron chi connectivity index (χ2n) is 5.44. The Bertz CT molecular complexity index is 484. The number of hydrogen-bond acceptors (Lipinski definition) is 4. The Morgan fingerprint density at radius 2 is 1.95 bits per heavy atom. The molecule has 0 aliphatic heterocycles. The van der Waals surface area contributed by atoms with Gasteiger partial charge in [-0.15, -0.1) is 0 Å². The number of carbonyl (C=O) groups is 1. The van der Waals surface area contributed by atoms with E-state index in [1.54, 1.807) is 26.4 Å². The molecule has 116 valence electrons. The van der Waals surface area contributed by atoms with Crippen molar-refractivity contribution in [3.05, 3.63) is 23.8 Å². The number of ether oxygens (including phenoxy) is 2. The van der Waals surface area contributed by atoms with E-state index in [2.05, 4.69) is 5.32 Å². The fourth-order valence-corrected chi connectivity index (χ4v) is 2.90. The lowest BCUT2D eigenvalue weighted by atomic mass is 9.93. The zero-order chi connectivity index (χ0) is 15.2. The van der Waals surface area contributed by atoms with E-state index >= 15 is 0 Å². The van der Waals surface area contributed by atoms with Crippen LogP contribution in [-0.2, 0) is 4.79 Å². The number of nitrogens with one attached hydrogen (secondary N) is 1. The van der Waals surface area contributed by atoms with E-state index < -0.39 is 11.9 Å². The van der Waals surface area contributed by atoms with Crippen molar-refractivity contribution in [3.8, 4) is 11.5 Å². The van der Waals surface area contributed by atoms with E-state index in [0.29, 0.717) is 17.5 Å². The summed E-state index contributed by atoms with van der Waals surface area (Å²) in [5.41, 5.74) is 6.33. The van der Waals surface area contributed by atoms with Gasteiger partial charge in [0.2, 0.25) is 5.91 Å². The molecule has 21 heavy (non-hydrogen) atoms. The number of amides is 1. The summed E-state index contributed by atoms with van der Waals surface area (Å²) in [6, 6.07) is 5.18. The molecule has 0 aromatic heterocycles. The molecule has 1 aromatic rings. The third-order valence-electron chi connectivity index (χ3n) is 4.04. The first-order chi connectivity index (χ1) is 10.2. The van der Waals surface area contributed by atoms with Gasteiger partial charge in [0.1, 0.15) is 17.5 Å². The van der Waals surface area contributed by atoms with Crippen molar-refractivity contribution in [1.29, 1.82) is 0 Å². The molecule has 1 amide bonds. The Hall–Kier alpha value is -1.75. The highest BCUT2D eigenvalue weighted by Crippen LogP contribution is 2.31. The van der Waals surface area contributed by atoms with Gasteiger partial charge in [-0.2, -0.15) is 0 Å². The van der Waals surface area contributed by atoms with Gasteiger partial charge < -0.3 is 15.2 Å². The van der Waals surface area contributed by atoms with Crippen LogP contribution in [0.2, 0.25) is 0 Å². The third-order valence-corrected chi connectivity index (χ3v) is 4.04. The average Bonchev–Trinajstić information content (AvgIpc) is 2.52. The Balaban J connectivity index is 2.25. The molecular weight excluding hydrogens is 268 g/mol. The Kier molecular flexibility index (Phi) is 5.44. The number of nitrogens with two attached hydrogens (primary N) is 1. The zero-order valence-corrected chi connectivity index (χ0v) is 12.7. The van der Waals surface area contributed by atoms with Gasteiger partial charge in [0.05, 0.1) is 14.2 Å². The molecule has 1 fully saturated rings. The molecule has 3 N–H and O–H groups in total. The summed E-state index contributed by atoms with van der Waals surface area (Å²) in [5, 5.41) is 3.39. The van der Waals surface area contributed by atoms with Crippen molar-refractivity contribution in [3.63, 3.8) is 0 Å². The largest absolute Gasteiger partial charge is 0.497 e. The van der Waals surface area contributed by atoms with Crippen LogP contribution in [0.1, 0.15) is 43.7 Å². The van der Waals surface area contributed by atoms with Gasteiger partial charge in [-0.3, -0.25) is 10.1 Å². The quantitative estimate of drug-likeness (QED) is 0.842. The van der Waals surface area contributed by atoms with E-state index in [1.165, 1.54) is 19.3 Å². The van der Waals surface area contributed by atoms with Crippen molar-refractivity contribution < 1.29 is 14.3 Å². The van der Waals surface area contributed by atoms with Gasteiger partial charge in [-0.25, -0.2) is 0 Å². The second-order valence-corrected chi connectivity index (χ2v) is 5.44. The monoisotopic (exact) mass is 292 g/mol. The van der Waals surface area contributed by atoms with Crippen LogP contribution in [0.3, 0.4) is 0 Å². The lowest BCUT2D eigenvalue weighted by molar-refractivity contribution is -0.120. The molecule has 0 radical (unpaired) electrons. The van der Waals surface area contributed by atoms with Crippen molar-refractivity contribution in [2.24, 2.45) is 5.73 Å². The van der Waals surface area contributed by atoms with Crippen LogP contribution in [0.4, 0.5) is 0 Å². The topological polar surface area (TPSA) is 73.6 Å². The number of carbonyl (C=O) groups excluding carboxylic acids is 1. The Labute approximate surface area is 125 Å². The second kappa shape index (κ2) is 7.31. The maximum atomic E-state index is 11.9. The first-order valence-corrected chi connectivity index (χ1v) is 7.43. The molecular formula is C16H24N2O3. The number of rotatable bonds is 6. The molecule has 0 heterocycles. The number of benzene rings is 1. The van der Waals surface area contributed by atoms with Crippen molar-refractivity contribution in [1.82, 2.24) is 5.32 Å². The number of primary amides is 1. The summed E-state index contributed by atoms with van der Waals surface area (Å²) in [5.74, 6) is 0.928. The zero-order valence-electron chi connectivity index (χ0n) is 12.7. The highest BCUT2D eigenvalue weighted by molar-refractivity contribution is 5.82. The van der Waals surface area contributed by atoms with Crippen LogP contribution in [0.25, 0.3) is 0 Å². The molecule has 2 rings (SSSR count). The molecule has 0 bridgehead atoms. The van der Waals surface area contributed by atoms with Crippen LogP contribution >= 0.6 is 0 Å². The Morgan fingerprint density at radius 1 is 1.24 bits per heavy atom. The SMILES string of the molecule is COc1ccc(OC)c(C(NC2CCCCC2)C(N)=O)c1. The summed E-state index contributed by atoms with van der Waals surface area (Å²) in [6.45, 7) is 0. The molecule has 5 heteroatoms. The smallest absolute Gasteiger partial charge is 0.239 e. The minimum atomic E-state index is -0.557. The van der Waals surface area contributed by atoms with Gasteiger partial charge in [0.15, 0.2) is 0 Å². The van der Waals surface area contributed by atoms with Crippen LogP contribution in [0, 0.1) is 0 Å². The van der Waals surface area contributed by atoms with Gasteiger partial charge in [-0.05, 0) is 31.0 Å². The predicted molar refractivity (Wildman–Crippen MR) is 81.5 cm³/mol.